The molecule has 3 rings (SSSR count). The van der Waals surface area contributed by atoms with Crippen molar-refractivity contribution in [3.8, 4) is 0 Å². The van der Waals surface area contributed by atoms with Crippen LogP contribution in [-0.4, -0.2) is 29.4 Å². The second-order valence-electron chi connectivity index (χ2n) is 8.20. The first-order valence-electron chi connectivity index (χ1n) is 10.9. The van der Waals surface area contributed by atoms with Crippen LogP contribution in [0.4, 0.5) is 11.6 Å². The van der Waals surface area contributed by atoms with Crippen molar-refractivity contribution in [1.29, 1.82) is 0 Å². The van der Waals surface area contributed by atoms with Gasteiger partial charge in [0.25, 0.3) is 10.0 Å². The number of carbonyl (C=O) groups excluding carboxylic acids is 1. The lowest BCUT2D eigenvalue weighted by molar-refractivity contribution is -0.115. The summed E-state index contributed by atoms with van der Waals surface area (Å²) >= 11 is 5.18. The van der Waals surface area contributed by atoms with Crippen LogP contribution in [0.15, 0.2) is 65.6 Å². The summed E-state index contributed by atoms with van der Waals surface area (Å²) in [4.78, 5) is 20.4. The fourth-order valence-corrected chi connectivity index (χ4v) is 4.31. The molecule has 3 N–H and O–H groups in total. The van der Waals surface area contributed by atoms with E-state index in [1.54, 1.807) is 38.1 Å². The Balaban J connectivity index is 1.56. The Hall–Kier alpha value is -3.63. The number of nitrogens with one attached hydrogen (secondary N) is 3. The van der Waals surface area contributed by atoms with Crippen molar-refractivity contribution in [3.05, 3.63) is 83.2 Å². The molecule has 8 nitrogen and oxygen atoms in total. The molecule has 0 bridgehead atoms. The van der Waals surface area contributed by atoms with Gasteiger partial charge in [0, 0.05) is 23.2 Å². The molecule has 35 heavy (non-hydrogen) atoms. The van der Waals surface area contributed by atoms with Crippen molar-refractivity contribution in [2.45, 2.75) is 38.5 Å². The molecule has 2 aromatic carbocycles. The highest BCUT2D eigenvalue weighted by atomic mass is 32.2. The second kappa shape index (κ2) is 11.2. The zero-order valence-corrected chi connectivity index (χ0v) is 21.5. The van der Waals surface area contributed by atoms with E-state index in [1.807, 2.05) is 24.3 Å². The van der Waals surface area contributed by atoms with Gasteiger partial charge >= 0.3 is 0 Å². The monoisotopic (exact) mass is 509 g/mol. The quantitative estimate of drug-likeness (QED) is 0.316. The van der Waals surface area contributed by atoms with Crippen molar-refractivity contribution >= 4 is 51.0 Å². The van der Waals surface area contributed by atoms with Gasteiger partial charge < -0.3 is 5.32 Å². The topological polar surface area (TPSA) is 113 Å². The first-order chi connectivity index (χ1) is 16.5. The number of benzene rings is 2. The first kappa shape index (κ1) is 26.0. The third-order valence-corrected chi connectivity index (χ3v) is 6.45. The van der Waals surface area contributed by atoms with Crippen LogP contribution in [0, 0.1) is 13.8 Å². The van der Waals surface area contributed by atoms with Crippen LogP contribution < -0.4 is 15.4 Å². The Morgan fingerprint density at radius 3 is 2.14 bits per heavy atom. The minimum Gasteiger partial charge on any atom is -0.332 e. The van der Waals surface area contributed by atoms with Gasteiger partial charge in [0.2, 0.25) is 11.9 Å². The van der Waals surface area contributed by atoms with E-state index in [4.69, 9.17) is 12.2 Å². The van der Waals surface area contributed by atoms with Crippen molar-refractivity contribution in [2.75, 3.05) is 10.0 Å². The fourth-order valence-electron chi connectivity index (χ4n) is 3.15. The molecule has 0 aliphatic heterocycles. The number of carbonyl (C=O) groups is 1. The van der Waals surface area contributed by atoms with Crippen LogP contribution in [0.25, 0.3) is 6.08 Å². The summed E-state index contributed by atoms with van der Waals surface area (Å²) in [5.41, 5.74) is 3.96. The van der Waals surface area contributed by atoms with E-state index in [1.165, 1.54) is 23.8 Å². The molecule has 0 fully saturated rings. The molecule has 0 spiro atoms. The number of hydrogen-bond donors (Lipinski definition) is 3. The summed E-state index contributed by atoms with van der Waals surface area (Å²) < 4.78 is 27.7. The summed E-state index contributed by atoms with van der Waals surface area (Å²) in [7, 11) is -3.87. The number of thiocarbonyl (C=S) groups is 1. The van der Waals surface area contributed by atoms with Crippen LogP contribution in [0.3, 0.4) is 0 Å². The summed E-state index contributed by atoms with van der Waals surface area (Å²) in [6, 6.07) is 15.6. The van der Waals surface area contributed by atoms with Crippen molar-refractivity contribution in [1.82, 2.24) is 15.3 Å². The number of anilines is 2. The summed E-state index contributed by atoms with van der Waals surface area (Å²) in [5, 5.41) is 5.51. The highest BCUT2D eigenvalue weighted by molar-refractivity contribution is 7.92. The van der Waals surface area contributed by atoms with Gasteiger partial charge in [-0.2, -0.15) is 0 Å². The molecular formula is C25H27N5O3S2. The maximum absolute atomic E-state index is 12.6. The molecule has 0 saturated heterocycles. The Labute approximate surface area is 211 Å². The lowest BCUT2D eigenvalue weighted by Gasteiger charge is -2.10. The van der Waals surface area contributed by atoms with Gasteiger partial charge in [-0.05, 0) is 79.5 Å². The predicted molar refractivity (Wildman–Crippen MR) is 143 cm³/mol. The lowest BCUT2D eigenvalue weighted by Crippen LogP contribution is -2.32. The van der Waals surface area contributed by atoms with Gasteiger partial charge in [-0.15, -0.1) is 0 Å². The van der Waals surface area contributed by atoms with Crippen molar-refractivity contribution in [3.63, 3.8) is 0 Å². The Morgan fingerprint density at radius 2 is 1.57 bits per heavy atom. The molecule has 0 radical (unpaired) electrons. The maximum atomic E-state index is 12.6. The average molecular weight is 510 g/mol. The molecule has 182 valence electrons. The van der Waals surface area contributed by atoms with Crippen LogP contribution in [0.1, 0.15) is 42.3 Å². The fraction of sp³-hybridized carbons (Fsp3) is 0.200. The third-order valence-electron chi connectivity index (χ3n) is 4.90. The SMILES string of the molecule is Cc1cc(C)nc(NS(=O)(=O)c2ccc(NC(=S)NC(=O)/C=C/c3ccc(C(C)C)cc3)cc2)n1. The summed E-state index contributed by atoms with van der Waals surface area (Å²) in [5.74, 6) is 0.0708. The van der Waals surface area contributed by atoms with Gasteiger partial charge in [0.1, 0.15) is 0 Å². The van der Waals surface area contributed by atoms with Crippen LogP contribution in [-0.2, 0) is 14.8 Å². The number of hydrogen-bond acceptors (Lipinski definition) is 6. The zero-order chi connectivity index (χ0) is 25.6. The highest BCUT2D eigenvalue weighted by Crippen LogP contribution is 2.17. The van der Waals surface area contributed by atoms with Crippen molar-refractivity contribution in [2.24, 2.45) is 0 Å². The molecule has 1 aromatic heterocycles. The van der Waals surface area contributed by atoms with E-state index in [0.717, 1.165) is 5.56 Å². The Kier molecular flexibility index (Phi) is 8.31. The maximum Gasteiger partial charge on any atom is 0.264 e. The minimum atomic E-state index is -3.87. The number of aryl methyl sites for hydroxylation is 2. The molecule has 0 unspecified atom stereocenters. The van der Waals surface area contributed by atoms with E-state index in [9.17, 15) is 13.2 Å². The largest absolute Gasteiger partial charge is 0.332 e. The molecule has 0 atom stereocenters. The third kappa shape index (κ3) is 7.69. The Bertz CT molecular complexity index is 1330. The van der Waals surface area contributed by atoms with Gasteiger partial charge in [-0.1, -0.05) is 38.1 Å². The lowest BCUT2D eigenvalue weighted by atomic mass is 10.0. The van der Waals surface area contributed by atoms with E-state index in [-0.39, 0.29) is 21.9 Å². The molecule has 1 heterocycles. The smallest absolute Gasteiger partial charge is 0.264 e. The second-order valence-corrected chi connectivity index (χ2v) is 10.3. The molecule has 0 aliphatic carbocycles. The normalized spacial score (nSPS) is 11.5. The summed E-state index contributed by atoms with van der Waals surface area (Å²) in [6.07, 6.45) is 3.10. The number of sulfonamides is 1. The van der Waals surface area contributed by atoms with E-state index in [0.29, 0.717) is 23.0 Å². The van der Waals surface area contributed by atoms with Gasteiger partial charge in [-0.3, -0.25) is 10.1 Å². The zero-order valence-electron chi connectivity index (χ0n) is 19.9. The minimum absolute atomic E-state index is 0.0116. The average Bonchev–Trinajstić information content (AvgIpc) is 2.77. The van der Waals surface area contributed by atoms with Gasteiger partial charge in [0.15, 0.2) is 5.11 Å². The number of nitrogens with zero attached hydrogens (tertiary/aromatic N) is 2. The molecule has 10 heteroatoms. The van der Waals surface area contributed by atoms with Crippen molar-refractivity contribution < 1.29 is 13.2 Å². The standard InChI is InChI=1S/C25H27N5O3S2/c1-16(2)20-8-5-19(6-9-20)7-14-23(31)29-25(34)28-21-10-12-22(13-11-21)35(32,33)30-24-26-17(3)15-18(4)27-24/h5-16H,1-4H3,(H,26,27,30)(H2,28,29,31,34)/b14-7+. The first-order valence-corrected chi connectivity index (χ1v) is 12.8. The van der Waals surface area contributed by atoms with E-state index < -0.39 is 10.0 Å². The van der Waals surface area contributed by atoms with Gasteiger partial charge in [0.05, 0.1) is 4.90 Å². The Morgan fingerprint density at radius 1 is 0.971 bits per heavy atom. The van der Waals surface area contributed by atoms with Crippen LogP contribution >= 0.6 is 12.2 Å². The molecular weight excluding hydrogens is 482 g/mol. The van der Waals surface area contributed by atoms with E-state index in [2.05, 4.69) is 39.2 Å². The summed E-state index contributed by atoms with van der Waals surface area (Å²) in [6.45, 7) is 7.76. The molecule has 0 saturated carbocycles. The van der Waals surface area contributed by atoms with Gasteiger partial charge in [-0.25, -0.2) is 23.1 Å². The number of rotatable bonds is 7. The number of amides is 1. The molecule has 1 amide bonds. The van der Waals surface area contributed by atoms with Crippen LogP contribution in [0.5, 0.6) is 0 Å². The molecule has 3 aromatic rings. The number of aromatic nitrogens is 2. The van der Waals surface area contributed by atoms with E-state index >= 15 is 0 Å². The van der Waals surface area contributed by atoms with Crippen LogP contribution in [0.2, 0.25) is 0 Å². The molecule has 0 aliphatic rings. The predicted octanol–water partition coefficient (Wildman–Crippen LogP) is 4.54. The highest BCUT2D eigenvalue weighted by Gasteiger charge is 2.16.